The molecule has 0 atom stereocenters. The Hall–Kier alpha value is -0.190. The monoisotopic (exact) mass is 259 g/mol. The van der Waals surface area contributed by atoms with E-state index in [1.807, 2.05) is 6.92 Å². The first-order valence-electron chi connectivity index (χ1n) is 3.43. The Morgan fingerprint density at radius 2 is 2.25 bits per heavy atom. The summed E-state index contributed by atoms with van der Waals surface area (Å²) in [5, 5.41) is 3.21. The predicted octanol–water partition coefficient (Wildman–Crippen LogP) is 3.94. The summed E-state index contributed by atoms with van der Waals surface area (Å²) < 4.78 is 1.16. The van der Waals surface area contributed by atoms with Crippen LogP contribution in [0.3, 0.4) is 0 Å². The van der Waals surface area contributed by atoms with Crippen molar-refractivity contribution in [3.63, 3.8) is 0 Å². The van der Waals surface area contributed by atoms with E-state index in [0.717, 1.165) is 14.5 Å². The van der Waals surface area contributed by atoms with Crippen molar-refractivity contribution in [2.45, 2.75) is 6.92 Å². The van der Waals surface area contributed by atoms with Crippen molar-refractivity contribution < 1.29 is 0 Å². The Bertz CT molecular complexity index is 353. The molecule has 12 heavy (non-hydrogen) atoms. The van der Waals surface area contributed by atoms with E-state index in [1.165, 1.54) is 4.88 Å². The fourth-order valence-electron chi connectivity index (χ4n) is 0.929. The van der Waals surface area contributed by atoms with Crippen LogP contribution in [0.5, 0.6) is 0 Å². The van der Waals surface area contributed by atoms with Crippen LogP contribution in [0.2, 0.25) is 0 Å². The van der Waals surface area contributed by atoms with Crippen LogP contribution in [0, 0.1) is 6.92 Å². The van der Waals surface area contributed by atoms with Crippen LogP contribution in [0.15, 0.2) is 21.3 Å². The lowest BCUT2D eigenvalue weighted by atomic mass is 10.4. The van der Waals surface area contributed by atoms with Gasteiger partial charge in [0.2, 0.25) is 0 Å². The molecule has 0 aliphatic rings. The summed E-state index contributed by atoms with van der Waals surface area (Å²) in [6.07, 6.45) is 0. The topological polar surface area (TPSA) is 12.9 Å². The van der Waals surface area contributed by atoms with Crippen molar-refractivity contribution in [2.24, 2.45) is 0 Å². The van der Waals surface area contributed by atoms with Gasteiger partial charge in [-0.15, -0.1) is 22.7 Å². The Balaban J connectivity index is 2.43. The Kier molecular flexibility index (Phi) is 2.30. The first kappa shape index (κ1) is 8.41. The SMILES string of the molecule is Cc1nc(-c2ccc(Br)s2)cs1. The van der Waals surface area contributed by atoms with E-state index in [0.29, 0.717) is 0 Å². The second-order valence-corrected chi connectivity index (χ2v) is 5.88. The van der Waals surface area contributed by atoms with Crippen molar-refractivity contribution in [1.29, 1.82) is 0 Å². The average molecular weight is 260 g/mol. The van der Waals surface area contributed by atoms with Crippen molar-refractivity contribution in [1.82, 2.24) is 4.98 Å². The molecule has 0 N–H and O–H groups in total. The lowest BCUT2D eigenvalue weighted by molar-refractivity contribution is 1.31. The third-order valence-corrected chi connectivity index (χ3v) is 3.86. The Morgan fingerprint density at radius 3 is 2.75 bits per heavy atom. The molecule has 0 aliphatic carbocycles. The van der Waals surface area contributed by atoms with E-state index in [2.05, 4.69) is 38.4 Å². The van der Waals surface area contributed by atoms with Gasteiger partial charge in [-0.25, -0.2) is 4.98 Å². The highest BCUT2D eigenvalue weighted by atomic mass is 79.9. The largest absolute Gasteiger partial charge is 0.241 e. The number of thiazole rings is 1. The second-order valence-electron chi connectivity index (χ2n) is 2.36. The molecule has 0 bridgehead atoms. The fraction of sp³-hybridized carbons (Fsp3) is 0.125. The summed E-state index contributed by atoms with van der Waals surface area (Å²) in [5.74, 6) is 0. The molecule has 2 aromatic heterocycles. The minimum absolute atomic E-state index is 1.09. The maximum atomic E-state index is 4.40. The zero-order valence-electron chi connectivity index (χ0n) is 6.37. The lowest BCUT2D eigenvalue weighted by Gasteiger charge is -1.85. The number of thiophene rings is 1. The van der Waals surface area contributed by atoms with Crippen molar-refractivity contribution in [3.8, 4) is 10.6 Å². The highest BCUT2D eigenvalue weighted by Crippen LogP contribution is 2.31. The molecule has 0 radical (unpaired) electrons. The van der Waals surface area contributed by atoms with Crippen LogP contribution in [0.4, 0.5) is 0 Å². The summed E-state index contributed by atoms with van der Waals surface area (Å²) in [5.41, 5.74) is 1.09. The van der Waals surface area contributed by atoms with Gasteiger partial charge in [-0.1, -0.05) is 0 Å². The van der Waals surface area contributed by atoms with Crippen LogP contribution in [0.1, 0.15) is 5.01 Å². The van der Waals surface area contributed by atoms with E-state index in [-0.39, 0.29) is 0 Å². The summed E-state index contributed by atoms with van der Waals surface area (Å²) in [6.45, 7) is 2.02. The molecule has 0 aromatic carbocycles. The van der Waals surface area contributed by atoms with Gasteiger partial charge >= 0.3 is 0 Å². The molecule has 4 heteroatoms. The Labute approximate surface area is 87.2 Å². The molecule has 0 saturated carbocycles. The minimum Gasteiger partial charge on any atom is -0.241 e. The summed E-state index contributed by atoms with van der Waals surface area (Å²) in [6, 6.07) is 4.14. The van der Waals surface area contributed by atoms with Crippen LogP contribution in [0.25, 0.3) is 10.6 Å². The van der Waals surface area contributed by atoms with E-state index < -0.39 is 0 Å². The van der Waals surface area contributed by atoms with Crippen molar-refractivity contribution >= 4 is 38.6 Å². The summed E-state index contributed by atoms with van der Waals surface area (Å²) >= 11 is 6.83. The van der Waals surface area contributed by atoms with E-state index in [4.69, 9.17) is 0 Å². The molecule has 0 spiro atoms. The van der Waals surface area contributed by atoms with Crippen LogP contribution in [-0.2, 0) is 0 Å². The number of aryl methyl sites for hydroxylation is 1. The molecular weight excluding hydrogens is 254 g/mol. The van der Waals surface area contributed by atoms with Gasteiger partial charge in [0.15, 0.2) is 0 Å². The molecule has 0 amide bonds. The fourth-order valence-corrected chi connectivity index (χ4v) is 2.96. The van der Waals surface area contributed by atoms with Gasteiger partial charge in [-0.2, -0.15) is 0 Å². The third kappa shape index (κ3) is 1.60. The average Bonchev–Trinajstić information content (AvgIpc) is 2.58. The van der Waals surface area contributed by atoms with Gasteiger partial charge in [0.25, 0.3) is 0 Å². The Morgan fingerprint density at radius 1 is 1.42 bits per heavy atom. The number of aromatic nitrogens is 1. The molecule has 0 saturated heterocycles. The standard InChI is InChI=1S/C8H6BrNS2/c1-5-10-6(4-11-5)7-2-3-8(9)12-7/h2-4H,1H3. The van der Waals surface area contributed by atoms with Crippen LogP contribution < -0.4 is 0 Å². The molecule has 2 aromatic rings. The molecule has 0 unspecified atom stereocenters. The molecule has 62 valence electrons. The number of hydrogen-bond donors (Lipinski definition) is 0. The molecule has 1 nitrogen and oxygen atoms in total. The smallest absolute Gasteiger partial charge is 0.0914 e. The van der Waals surface area contributed by atoms with Crippen molar-refractivity contribution in [2.75, 3.05) is 0 Å². The van der Waals surface area contributed by atoms with Gasteiger partial charge in [-0.05, 0) is 35.0 Å². The summed E-state index contributed by atoms with van der Waals surface area (Å²) in [7, 11) is 0. The van der Waals surface area contributed by atoms with Crippen molar-refractivity contribution in [3.05, 3.63) is 26.3 Å². The van der Waals surface area contributed by atoms with Gasteiger partial charge in [0.05, 0.1) is 19.4 Å². The molecule has 0 aliphatic heterocycles. The van der Waals surface area contributed by atoms with Crippen LogP contribution in [-0.4, -0.2) is 4.98 Å². The van der Waals surface area contributed by atoms with Gasteiger partial charge in [-0.3, -0.25) is 0 Å². The maximum absolute atomic E-state index is 4.40. The number of nitrogens with zero attached hydrogens (tertiary/aromatic N) is 1. The summed E-state index contributed by atoms with van der Waals surface area (Å²) in [4.78, 5) is 5.63. The predicted molar refractivity (Wildman–Crippen MR) is 57.9 cm³/mol. The second kappa shape index (κ2) is 3.28. The lowest BCUT2D eigenvalue weighted by Crippen LogP contribution is -1.70. The van der Waals surface area contributed by atoms with E-state index in [1.54, 1.807) is 22.7 Å². The van der Waals surface area contributed by atoms with Crippen LogP contribution >= 0.6 is 38.6 Å². The maximum Gasteiger partial charge on any atom is 0.0914 e. The first-order chi connectivity index (χ1) is 5.75. The number of hydrogen-bond acceptors (Lipinski definition) is 3. The van der Waals surface area contributed by atoms with E-state index in [9.17, 15) is 0 Å². The van der Waals surface area contributed by atoms with Gasteiger partial charge in [0.1, 0.15) is 0 Å². The normalized spacial score (nSPS) is 10.5. The molecule has 0 fully saturated rings. The highest BCUT2D eigenvalue weighted by Gasteiger charge is 2.03. The third-order valence-electron chi connectivity index (χ3n) is 1.44. The minimum atomic E-state index is 1.09. The molecule has 2 heterocycles. The van der Waals surface area contributed by atoms with E-state index >= 15 is 0 Å². The van der Waals surface area contributed by atoms with Gasteiger partial charge < -0.3 is 0 Å². The highest BCUT2D eigenvalue weighted by molar-refractivity contribution is 9.11. The number of halogens is 1. The quantitative estimate of drug-likeness (QED) is 0.756. The zero-order chi connectivity index (χ0) is 8.55. The molecule has 2 rings (SSSR count). The molecular formula is C8H6BrNS2. The van der Waals surface area contributed by atoms with Gasteiger partial charge in [0, 0.05) is 5.38 Å². The zero-order valence-corrected chi connectivity index (χ0v) is 9.59. The number of rotatable bonds is 1. The first-order valence-corrected chi connectivity index (χ1v) is 5.92.